The number of piperidine rings is 1. The molecule has 23 heavy (non-hydrogen) atoms. The number of nitrogens with zero attached hydrogens (tertiary/aromatic N) is 2. The second-order valence-corrected chi connectivity index (χ2v) is 6.19. The predicted molar refractivity (Wildman–Crippen MR) is 92.2 cm³/mol. The normalized spacial score (nSPS) is 19.3. The smallest absolute Gasteiger partial charge is 0.236 e. The second kappa shape index (κ2) is 7.40. The van der Waals surface area contributed by atoms with E-state index in [1.165, 1.54) is 6.42 Å². The minimum absolute atomic E-state index is 0.196. The zero-order chi connectivity index (χ0) is 16.1. The van der Waals surface area contributed by atoms with Crippen molar-refractivity contribution in [2.45, 2.75) is 44.6 Å². The first-order valence-corrected chi connectivity index (χ1v) is 8.57. The van der Waals surface area contributed by atoms with E-state index in [0.29, 0.717) is 6.04 Å². The molecule has 1 aliphatic heterocycles. The number of pyridine rings is 1. The molecular formula is C20H24N2O. The van der Waals surface area contributed by atoms with E-state index >= 15 is 0 Å². The maximum absolute atomic E-state index is 13.4. The van der Waals surface area contributed by atoms with Crippen LogP contribution in [0.3, 0.4) is 0 Å². The van der Waals surface area contributed by atoms with Crippen molar-refractivity contribution in [3.8, 4) is 0 Å². The number of aromatic nitrogens is 1. The van der Waals surface area contributed by atoms with E-state index in [4.69, 9.17) is 0 Å². The Morgan fingerprint density at radius 1 is 1.17 bits per heavy atom. The average Bonchev–Trinajstić information content (AvgIpc) is 2.63. The van der Waals surface area contributed by atoms with E-state index in [1.807, 2.05) is 48.5 Å². The van der Waals surface area contributed by atoms with Gasteiger partial charge in [-0.1, -0.05) is 43.3 Å². The molecule has 2 unspecified atom stereocenters. The quantitative estimate of drug-likeness (QED) is 0.855. The SMILES string of the molecule is CCC1CCCCN1C(=O)C(c1ccccc1)c1ccccn1. The lowest BCUT2D eigenvalue weighted by molar-refractivity contribution is -0.135. The van der Waals surface area contributed by atoms with E-state index in [-0.39, 0.29) is 11.8 Å². The molecule has 3 heteroatoms. The summed E-state index contributed by atoms with van der Waals surface area (Å²) in [5.41, 5.74) is 1.86. The summed E-state index contributed by atoms with van der Waals surface area (Å²) in [6, 6.07) is 16.2. The van der Waals surface area contributed by atoms with Crippen LogP contribution in [0, 0.1) is 0 Å². The van der Waals surface area contributed by atoms with Gasteiger partial charge in [0.05, 0.1) is 5.69 Å². The van der Waals surface area contributed by atoms with Crippen LogP contribution in [0.15, 0.2) is 54.7 Å². The molecule has 1 aliphatic rings. The summed E-state index contributed by atoms with van der Waals surface area (Å²) >= 11 is 0. The van der Waals surface area contributed by atoms with E-state index in [2.05, 4.69) is 16.8 Å². The largest absolute Gasteiger partial charge is 0.339 e. The van der Waals surface area contributed by atoms with Crippen molar-refractivity contribution in [1.29, 1.82) is 0 Å². The summed E-state index contributed by atoms with van der Waals surface area (Å²) < 4.78 is 0. The Kier molecular flexibility index (Phi) is 5.06. The lowest BCUT2D eigenvalue weighted by atomic mass is 9.91. The first-order valence-electron chi connectivity index (χ1n) is 8.57. The molecule has 1 saturated heterocycles. The fraction of sp³-hybridized carbons (Fsp3) is 0.400. The molecule has 3 nitrogen and oxygen atoms in total. The molecule has 1 aromatic heterocycles. The lowest BCUT2D eigenvalue weighted by Gasteiger charge is -2.37. The molecule has 0 spiro atoms. The van der Waals surface area contributed by atoms with Crippen LogP contribution < -0.4 is 0 Å². The third-order valence-corrected chi connectivity index (χ3v) is 4.74. The molecule has 2 atom stereocenters. The highest BCUT2D eigenvalue weighted by Crippen LogP contribution is 2.29. The number of rotatable bonds is 4. The van der Waals surface area contributed by atoms with Crippen LogP contribution in [-0.2, 0) is 4.79 Å². The minimum Gasteiger partial charge on any atom is -0.339 e. The zero-order valence-corrected chi connectivity index (χ0v) is 13.7. The lowest BCUT2D eigenvalue weighted by Crippen LogP contribution is -2.45. The molecule has 0 radical (unpaired) electrons. The molecule has 0 saturated carbocycles. The molecule has 1 fully saturated rings. The highest BCUT2D eigenvalue weighted by atomic mass is 16.2. The fourth-order valence-corrected chi connectivity index (χ4v) is 3.51. The van der Waals surface area contributed by atoms with Crippen LogP contribution in [-0.4, -0.2) is 28.4 Å². The van der Waals surface area contributed by atoms with Gasteiger partial charge in [0.25, 0.3) is 0 Å². The maximum Gasteiger partial charge on any atom is 0.236 e. The molecule has 0 N–H and O–H groups in total. The van der Waals surface area contributed by atoms with Crippen LogP contribution in [0.4, 0.5) is 0 Å². The Morgan fingerprint density at radius 2 is 1.96 bits per heavy atom. The molecule has 2 heterocycles. The monoisotopic (exact) mass is 308 g/mol. The van der Waals surface area contributed by atoms with Crippen molar-refractivity contribution in [2.75, 3.05) is 6.54 Å². The number of hydrogen-bond acceptors (Lipinski definition) is 2. The van der Waals surface area contributed by atoms with E-state index < -0.39 is 0 Å². The summed E-state index contributed by atoms with van der Waals surface area (Å²) in [4.78, 5) is 19.9. The Labute approximate surface area is 138 Å². The van der Waals surface area contributed by atoms with Crippen LogP contribution in [0.25, 0.3) is 0 Å². The molecular weight excluding hydrogens is 284 g/mol. The number of carbonyl (C=O) groups excluding carboxylic acids is 1. The third kappa shape index (κ3) is 3.44. The van der Waals surface area contributed by atoms with Gasteiger partial charge in [0.1, 0.15) is 5.92 Å². The number of hydrogen-bond donors (Lipinski definition) is 0. The van der Waals surface area contributed by atoms with Crippen LogP contribution >= 0.6 is 0 Å². The van der Waals surface area contributed by atoms with Crippen LogP contribution in [0.2, 0.25) is 0 Å². The van der Waals surface area contributed by atoms with Gasteiger partial charge in [0.15, 0.2) is 0 Å². The van der Waals surface area contributed by atoms with Crippen molar-refractivity contribution >= 4 is 5.91 Å². The predicted octanol–water partition coefficient (Wildman–Crippen LogP) is 4.00. The van der Waals surface area contributed by atoms with Crippen molar-refractivity contribution in [2.24, 2.45) is 0 Å². The molecule has 0 bridgehead atoms. The maximum atomic E-state index is 13.4. The first kappa shape index (κ1) is 15.7. The van der Waals surface area contributed by atoms with Gasteiger partial charge in [-0.3, -0.25) is 9.78 Å². The van der Waals surface area contributed by atoms with Gasteiger partial charge in [0.2, 0.25) is 5.91 Å². The molecule has 2 aromatic rings. The Hall–Kier alpha value is -2.16. The van der Waals surface area contributed by atoms with E-state index in [1.54, 1.807) is 6.20 Å². The van der Waals surface area contributed by atoms with Gasteiger partial charge in [0, 0.05) is 18.8 Å². The van der Waals surface area contributed by atoms with Gasteiger partial charge in [-0.15, -0.1) is 0 Å². The highest BCUT2D eigenvalue weighted by Gasteiger charge is 2.33. The highest BCUT2D eigenvalue weighted by molar-refractivity contribution is 5.87. The first-order chi connectivity index (χ1) is 11.3. The van der Waals surface area contributed by atoms with Crippen molar-refractivity contribution in [3.05, 3.63) is 66.0 Å². The molecule has 0 aliphatic carbocycles. The summed E-state index contributed by atoms with van der Waals surface area (Å²) in [5, 5.41) is 0. The number of carbonyl (C=O) groups is 1. The molecule has 1 aromatic carbocycles. The van der Waals surface area contributed by atoms with E-state index in [0.717, 1.165) is 37.1 Å². The standard InChI is InChI=1S/C20H24N2O/c1-2-17-12-7-9-15-22(17)20(23)19(16-10-4-3-5-11-16)18-13-6-8-14-21-18/h3-6,8,10-11,13-14,17,19H,2,7,9,12,15H2,1H3. The van der Waals surface area contributed by atoms with Gasteiger partial charge < -0.3 is 4.90 Å². The zero-order valence-electron chi connectivity index (χ0n) is 13.7. The third-order valence-electron chi connectivity index (χ3n) is 4.74. The van der Waals surface area contributed by atoms with Crippen LogP contribution in [0.5, 0.6) is 0 Å². The van der Waals surface area contributed by atoms with Gasteiger partial charge in [-0.25, -0.2) is 0 Å². The topological polar surface area (TPSA) is 33.2 Å². The fourth-order valence-electron chi connectivity index (χ4n) is 3.51. The Morgan fingerprint density at radius 3 is 2.65 bits per heavy atom. The Bertz CT molecular complexity index is 587. The summed E-state index contributed by atoms with van der Waals surface area (Å²) in [6.07, 6.45) is 6.24. The molecule has 1 amide bonds. The summed E-state index contributed by atoms with van der Waals surface area (Å²) in [5.74, 6) is -0.106. The van der Waals surface area contributed by atoms with Gasteiger partial charge >= 0.3 is 0 Å². The number of likely N-dealkylation sites (tertiary alicyclic amines) is 1. The van der Waals surface area contributed by atoms with Crippen molar-refractivity contribution < 1.29 is 4.79 Å². The molecule has 120 valence electrons. The average molecular weight is 308 g/mol. The second-order valence-electron chi connectivity index (χ2n) is 6.19. The van der Waals surface area contributed by atoms with Gasteiger partial charge in [-0.05, 0) is 43.4 Å². The summed E-state index contributed by atoms with van der Waals surface area (Å²) in [6.45, 7) is 3.04. The molecule has 3 rings (SSSR count). The summed E-state index contributed by atoms with van der Waals surface area (Å²) in [7, 11) is 0. The van der Waals surface area contributed by atoms with Crippen molar-refractivity contribution in [1.82, 2.24) is 9.88 Å². The Balaban J connectivity index is 1.96. The number of benzene rings is 1. The van der Waals surface area contributed by atoms with Gasteiger partial charge in [-0.2, -0.15) is 0 Å². The van der Waals surface area contributed by atoms with Crippen molar-refractivity contribution in [3.63, 3.8) is 0 Å². The van der Waals surface area contributed by atoms with Crippen LogP contribution in [0.1, 0.15) is 49.8 Å². The minimum atomic E-state index is -0.301. The van der Waals surface area contributed by atoms with E-state index in [9.17, 15) is 4.79 Å². The number of amides is 1.